The fourth-order valence-electron chi connectivity index (χ4n) is 4.25. The van der Waals surface area contributed by atoms with Crippen LogP contribution in [-0.2, 0) is 16.4 Å². The summed E-state index contributed by atoms with van der Waals surface area (Å²) in [6.45, 7) is 2.59. The van der Waals surface area contributed by atoms with Crippen LogP contribution in [0.2, 0.25) is 0 Å². The topological polar surface area (TPSA) is 69.7 Å². The maximum Gasteiger partial charge on any atom is 0.320 e. The van der Waals surface area contributed by atoms with Gasteiger partial charge in [-0.15, -0.1) is 0 Å². The molecule has 9 heteroatoms. The molecule has 6 nitrogen and oxygen atoms in total. The van der Waals surface area contributed by atoms with E-state index in [1.807, 2.05) is 24.3 Å². The van der Waals surface area contributed by atoms with Crippen LogP contribution in [0.1, 0.15) is 18.9 Å². The van der Waals surface area contributed by atoms with Gasteiger partial charge in [-0.25, -0.2) is 26.7 Å². The molecule has 2 aromatic carbocycles. The molecule has 0 aliphatic carbocycles. The second-order valence-electron chi connectivity index (χ2n) is 8.32. The number of nitrogens with one attached hydrogen (secondary N) is 1. The van der Waals surface area contributed by atoms with E-state index in [1.165, 1.54) is 24.0 Å². The van der Waals surface area contributed by atoms with E-state index in [9.17, 15) is 17.6 Å². The van der Waals surface area contributed by atoms with Gasteiger partial charge in [-0.1, -0.05) is 36.4 Å². The van der Waals surface area contributed by atoms with Gasteiger partial charge in [0.2, 0.25) is 10.0 Å². The van der Waals surface area contributed by atoms with Crippen molar-refractivity contribution in [3.63, 3.8) is 0 Å². The normalized spacial score (nSPS) is 23.3. The smallest absolute Gasteiger partial charge is 0.320 e. The molecule has 3 atom stereocenters. The zero-order valence-electron chi connectivity index (χ0n) is 17.9. The minimum Gasteiger partial charge on any atom is -0.325 e. The maximum absolute atomic E-state index is 15.0. The maximum atomic E-state index is 15.0. The van der Waals surface area contributed by atoms with Crippen LogP contribution in [-0.4, -0.2) is 67.9 Å². The zero-order valence-corrected chi connectivity index (χ0v) is 18.7. The molecule has 2 aromatic rings. The van der Waals surface area contributed by atoms with Crippen molar-refractivity contribution in [2.24, 2.45) is 0 Å². The molecule has 2 aliphatic heterocycles. The first kappa shape index (κ1) is 22.7. The van der Waals surface area contributed by atoms with Crippen LogP contribution in [0.15, 0.2) is 48.5 Å². The molecule has 2 saturated heterocycles. The van der Waals surface area contributed by atoms with Crippen LogP contribution in [0, 0.1) is 5.82 Å². The van der Waals surface area contributed by atoms with Gasteiger partial charge in [0, 0.05) is 13.1 Å². The molecule has 0 bridgehead atoms. The lowest BCUT2D eigenvalue weighted by molar-refractivity contribution is 0.119. The predicted molar refractivity (Wildman–Crippen MR) is 119 cm³/mol. The Kier molecular flexibility index (Phi) is 6.48. The molecule has 32 heavy (non-hydrogen) atoms. The molecule has 0 aromatic heterocycles. The van der Waals surface area contributed by atoms with Gasteiger partial charge in [0.25, 0.3) is 0 Å². The first-order valence-electron chi connectivity index (χ1n) is 10.8. The summed E-state index contributed by atoms with van der Waals surface area (Å²) in [5.41, 5.74) is 2.31. The van der Waals surface area contributed by atoms with Gasteiger partial charge in [-0.3, -0.25) is 0 Å². The first-order chi connectivity index (χ1) is 15.3. The number of amides is 2. The summed E-state index contributed by atoms with van der Waals surface area (Å²) in [6, 6.07) is 11.7. The van der Waals surface area contributed by atoms with Crippen LogP contribution in [0.3, 0.4) is 0 Å². The van der Waals surface area contributed by atoms with E-state index in [-0.39, 0.29) is 30.6 Å². The lowest BCUT2D eigenvalue weighted by Crippen LogP contribution is -2.55. The number of hydrogen-bond donors (Lipinski definition) is 1. The number of hydrogen-bond acceptors (Lipinski definition) is 3. The van der Waals surface area contributed by atoms with Gasteiger partial charge < -0.3 is 9.80 Å². The summed E-state index contributed by atoms with van der Waals surface area (Å²) in [5.74, 6) is -0.512. The summed E-state index contributed by atoms with van der Waals surface area (Å²) in [5, 5.41) is 0. The van der Waals surface area contributed by atoms with Crippen LogP contribution < -0.4 is 4.72 Å². The number of likely N-dealkylation sites (tertiary alicyclic amines) is 2. The Bertz CT molecular complexity index is 1090. The van der Waals surface area contributed by atoms with Gasteiger partial charge in [0.15, 0.2) is 0 Å². The van der Waals surface area contributed by atoms with Crippen molar-refractivity contribution in [3.8, 4) is 11.1 Å². The highest BCUT2D eigenvalue weighted by Gasteiger charge is 2.47. The second-order valence-corrected chi connectivity index (χ2v) is 10.4. The molecule has 4 rings (SSSR count). The summed E-state index contributed by atoms with van der Waals surface area (Å²) < 4.78 is 55.6. The quantitative estimate of drug-likeness (QED) is 0.715. The number of urea groups is 1. The van der Waals surface area contributed by atoms with Gasteiger partial charge in [0.1, 0.15) is 12.0 Å². The van der Waals surface area contributed by atoms with E-state index in [4.69, 9.17) is 0 Å². The fourth-order valence-corrected chi connectivity index (χ4v) is 5.13. The van der Waals surface area contributed by atoms with Crippen molar-refractivity contribution in [3.05, 3.63) is 59.9 Å². The number of carbonyl (C=O) groups excluding carboxylic acids is 1. The molecule has 2 heterocycles. The van der Waals surface area contributed by atoms with E-state index >= 15 is 4.39 Å². The average Bonchev–Trinajstić information content (AvgIpc) is 3.02. The number of halogens is 2. The third-order valence-corrected chi connectivity index (χ3v) is 7.56. The first-order valence-corrected chi connectivity index (χ1v) is 12.5. The molecule has 1 N–H and O–H groups in total. The third-order valence-electron chi connectivity index (χ3n) is 6.17. The van der Waals surface area contributed by atoms with Crippen LogP contribution in [0.4, 0.5) is 13.6 Å². The highest BCUT2D eigenvalue weighted by molar-refractivity contribution is 7.89. The van der Waals surface area contributed by atoms with Crippen molar-refractivity contribution >= 4 is 16.1 Å². The largest absolute Gasteiger partial charge is 0.325 e. The van der Waals surface area contributed by atoms with Crippen molar-refractivity contribution in [2.45, 2.75) is 38.0 Å². The molecule has 172 valence electrons. The van der Waals surface area contributed by atoms with E-state index < -0.39 is 28.3 Å². The number of carbonyl (C=O) groups is 1. The second kappa shape index (κ2) is 9.15. The Morgan fingerprint density at radius 1 is 1.12 bits per heavy atom. The molecule has 0 saturated carbocycles. The molecule has 2 amide bonds. The van der Waals surface area contributed by atoms with Crippen LogP contribution >= 0.6 is 0 Å². The monoisotopic (exact) mass is 463 g/mol. The Hall–Kier alpha value is -2.52. The molecular weight excluding hydrogens is 436 g/mol. The molecule has 0 unspecified atom stereocenters. The van der Waals surface area contributed by atoms with E-state index in [2.05, 4.69) is 4.72 Å². The van der Waals surface area contributed by atoms with E-state index in [0.717, 1.165) is 17.5 Å². The standard InChI is InChI=1S/C23H27F2N3O3S/c1-2-32(30,31)26-22-20(25)15-28(23(29)27-10-5-11-27)21(22)13-16-6-3-7-17(12-16)18-8-4-9-19(24)14-18/h3-4,6-9,12,14,20-22,26H,2,5,10-11,13,15H2,1H3/t20-,21-,22-/m0/s1. The highest BCUT2D eigenvalue weighted by atomic mass is 32.2. The number of rotatable bonds is 6. The van der Waals surface area contributed by atoms with Crippen molar-refractivity contribution in [2.75, 3.05) is 25.4 Å². The lowest BCUT2D eigenvalue weighted by Gasteiger charge is -2.37. The number of alkyl halides is 1. The van der Waals surface area contributed by atoms with Crippen molar-refractivity contribution < 1.29 is 22.0 Å². The van der Waals surface area contributed by atoms with Gasteiger partial charge in [0.05, 0.1) is 24.4 Å². The number of sulfonamides is 1. The Labute approximate surface area is 187 Å². The summed E-state index contributed by atoms with van der Waals surface area (Å²) >= 11 is 0. The zero-order chi connectivity index (χ0) is 22.9. The van der Waals surface area contributed by atoms with Gasteiger partial charge in [-0.2, -0.15) is 0 Å². The third kappa shape index (κ3) is 4.78. The van der Waals surface area contributed by atoms with Gasteiger partial charge in [-0.05, 0) is 48.6 Å². The van der Waals surface area contributed by atoms with Crippen LogP contribution in [0.25, 0.3) is 11.1 Å². The summed E-state index contributed by atoms with van der Waals surface area (Å²) in [4.78, 5) is 16.1. The molecule has 0 radical (unpaired) electrons. The Balaban J connectivity index is 1.63. The fraction of sp³-hybridized carbons (Fsp3) is 0.435. The molecule has 2 fully saturated rings. The number of nitrogens with zero attached hydrogens (tertiary/aromatic N) is 2. The minimum atomic E-state index is -3.66. The lowest BCUT2D eigenvalue weighted by atomic mass is 9.96. The minimum absolute atomic E-state index is 0.152. The molecule has 0 spiro atoms. The molecular formula is C23H27F2N3O3S. The Morgan fingerprint density at radius 3 is 2.44 bits per heavy atom. The van der Waals surface area contributed by atoms with Gasteiger partial charge >= 0.3 is 6.03 Å². The summed E-state index contributed by atoms with van der Waals surface area (Å²) in [6.07, 6.45) is -0.316. The number of benzene rings is 2. The van der Waals surface area contributed by atoms with Crippen molar-refractivity contribution in [1.29, 1.82) is 0 Å². The highest BCUT2D eigenvalue weighted by Crippen LogP contribution is 2.29. The molecule has 2 aliphatic rings. The van der Waals surface area contributed by atoms with E-state index in [1.54, 1.807) is 17.0 Å². The van der Waals surface area contributed by atoms with Crippen LogP contribution in [0.5, 0.6) is 0 Å². The Morgan fingerprint density at radius 2 is 1.81 bits per heavy atom. The van der Waals surface area contributed by atoms with Crippen molar-refractivity contribution in [1.82, 2.24) is 14.5 Å². The average molecular weight is 464 g/mol. The summed E-state index contributed by atoms with van der Waals surface area (Å²) in [7, 11) is -3.66. The predicted octanol–water partition coefficient (Wildman–Crippen LogP) is 3.19. The SMILES string of the molecule is CCS(=O)(=O)N[C@H]1[C@@H](F)CN(C(=O)N2CCC2)[C@H]1Cc1cccc(-c2cccc(F)c2)c1. The van der Waals surface area contributed by atoms with E-state index in [0.29, 0.717) is 18.7 Å².